The standard InChI is InChI=1S/C13H22N2OS/c1-13(2,3)12-15-14-11(16-12)9-17-10-7-5-4-6-8-10/h10H,4-9H2,1-3H3. The predicted octanol–water partition coefficient (Wildman–Crippen LogP) is 3.93. The molecular formula is C13H22N2OS. The van der Waals surface area contributed by atoms with Gasteiger partial charge in [-0.25, -0.2) is 0 Å². The molecule has 96 valence electrons. The summed E-state index contributed by atoms with van der Waals surface area (Å²) in [7, 11) is 0. The molecule has 3 nitrogen and oxygen atoms in total. The van der Waals surface area contributed by atoms with Crippen LogP contribution < -0.4 is 0 Å². The summed E-state index contributed by atoms with van der Waals surface area (Å²) < 4.78 is 5.70. The van der Waals surface area contributed by atoms with Crippen molar-refractivity contribution in [1.29, 1.82) is 0 Å². The maximum absolute atomic E-state index is 5.70. The van der Waals surface area contributed by atoms with Gasteiger partial charge in [0.1, 0.15) is 0 Å². The Labute approximate surface area is 108 Å². The highest BCUT2D eigenvalue weighted by Gasteiger charge is 2.22. The van der Waals surface area contributed by atoms with Crippen molar-refractivity contribution in [2.24, 2.45) is 0 Å². The van der Waals surface area contributed by atoms with Crippen LogP contribution in [0.2, 0.25) is 0 Å². The molecule has 17 heavy (non-hydrogen) atoms. The Morgan fingerprint density at radius 2 is 1.88 bits per heavy atom. The van der Waals surface area contributed by atoms with Crippen LogP contribution in [0.4, 0.5) is 0 Å². The van der Waals surface area contributed by atoms with E-state index in [1.165, 1.54) is 32.1 Å². The summed E-state index contributed by atoms with van der Waals surface area (Å²) in [6.45, 7) is 6.29. The van der Waals surface area contributed by atoms with E-state index in [2.05, 4.69) is 31.0 Å². The van der Waals surface area contributed by atoms with Gasteiger partial charge in [-0.05, 0) is 12.8 Å². The lowest BCUT2D eigenvalue weighted by Gasteiger charge is -2.20. The highest BCUT2D eigenvalue weighted by molar-refractivity contribution is 7.99. The topological polar surface area (TPSA) is 38.9 Å². The van der Waals surface area contributed by atoms with Crippen LogP contribution in [0.5, 0.6) is 0 Å². The third-order valence-electron chi connectivity index (χ3n) is 3.10. The van der Waals surface area contributed by atoms with E-state index >= 15 is 0 Å². The summed E-state index contributed by atoms with van der Waals surface area (Å²) in [6.07, 6.45) is 6.88. The molecule has 0 N–H and O–H groups in total. The zero-order chi connectivity index (χ0) is 12.3. The lowest BCUT2D eigenvalue weighted by Crippen LogP contribution is -2.11. The smallest absolute Gasteiger partial charge is 0.226 e. The normalized spacial score (nSPS) is 18.5. The Morgan fingerprint density at radius 3 is 2.47 bits per heavy atom. The van der Waals surface area contributed by atoms with Crippen LogP contribution >= 0.6 is 11.8 Å². The number of hydrogen-bond donors (Lipinski definition) is 0. The van der Waals surface area contributed by atoms with Crippen molar-refractivity contribution in [3.63, 3.8) is 0 Å². The van der Waals surface area contributed by atoms with Crippen molar-refractivity contribution in [2.45, 2.75) is 69.3 Å². The van der Waals surface area contributed by atoms with Gasteiger partial charge in [0.15, 0.2) is 0 Å². The molecular weight excluding hydrogens is 232 g/mol. The van der Waals surface area contributed by atoms with Crippen LogP contribution in [-0.4, -0.2) is 15.4 Å². The van der Waals surface area contributed by atoms with Gasteiger partial charge in [-0.3, -0.25) is 0 Å². The molecule has 1 heterocycles. The molecule has 1 aliphatic rings. The second-order valence-corrected chi connectivity index (χ2v) is 7.11. The van der Waals surface area contributed by atoms with Gasteiger partial charge in [-0.15, -0.1) is 22.0 Å². The third kappa shape index (κ3) is 3.73. The fourth-order valence-electron chi connectivity index (χ4n) is 2.04. The van der Waals surface area contributed by atoms with E-state index in [-0.39, 0.29) is 5.41 Å². The average Bonchev–Trinajstić information content (AvgIpc) is 2.76. The highest BCUT2D eigenvalue weighted by atomic mass is 32.2. The number of hydrogen-bond acceptors (Lipinski definition) is 4. The molecule has 2 rings (SSSR count). The lowest BCUT2D eigenvalue weighted by molar-refractivity contribution is 0.378. The maximum atomic E-state index is 5.70. The van der Waals surface area contributed by atoms with Gasteiger partial charge in [-0.1, -0.05) is 40.0 Å². The van der Waals surface area contributed by atoms with E-state index in [1.807, 2.05) is 11.8 Å². The monoisotopic (exact) mass is 254 g/mol. The minimum Gasteiger partial charge on any atom is -0.424 e. The third-order valence-corrected chi connectivity index (χ3v) is 4.46. The summed E-state index contributed by atoms with van der Waals surface area (Å²) in [5, 5.41) is 9.05. The maximum Gasteiger partial charge on any atom is 0.226 e. The number of nitrogens with zero attached hydrogens (tertiary/aromatic N) is 2. The van der Waals surface area contributed by atoms with Gasteiger partial charge in [0.25, 0.3) is 0 Å². The molecule has 1 aliphatic carbocycles. The van der Waals surface area contributed by atoms with E-state index in [4.69, 9.17) is 4.42 Å². The predicted molar refractivity (Wildman–Crippen MR) is 71.2 cm³/mol. The van der Waals surface area contributed by atoms with Gasteiger partial charge in [0.2, 0.25) is 11.8 Å². The molecule has 0 unspecified atom stereocenters. The van der Waals surface area contributed by atoms with Gasteiger partial charge in [-0.2, -0.15) is 0 Å². The first kappa shape index (κ1) is 12.9. The average molecular weight is 254 g/mol. The first-order chi connectivity index (χ1) is 8.05. The Kier molecular flexibility index (Phi) is 4.13. The van der Waals surface area contributed by atoms with Crippen molar-refractivity contribution in [1.82, 2.24) is 10.2 Å². The molecule has 0 aromatic carbocycles. The minimum absolute atomic E-state index is 0.0409. The summed E-state index contributed by atoms with van der Waals surface area (Å²) >= 11 is 1.98. The fourth-order valence-corrected chi connectivity index (χ4v) is 3.20. The largest absolute Gasteiger partial charge is 0.424 e. The molecule has 0 bridgehead atoms. The Bertz CT molecular complexity index is 351. The molecule has 4 heteroatoms. The van der Waals surface area contributed by atoms with Crippen molar-refractivity contribution in [2.75, 3.05) is 0 Å². The summed E-state index contributed by atoms with van der Waals surface area (Å²) in [4.78, 5) is 0. The second-order valence-electron chi connectivity index (χ2n) is 5.82. The van der Waals surface area contributed by atoms with Crippen LogP contribution in [0.1, 0.15) is 64.7 Å². The first-order valence-electron chi connectivity index (χ1n) is 6.50. The summed E-state index contributed by atoms with van der Waals surface area (Å²) in [5.41, 5.74) is -0.0409. The van der Waals surface area contributed by atoms with Crippen LogP contribution in [0.15, 0.2) is 4.42 Å². The lowest BCUT2D eigenvalue weighted by atomic mass is 9.97. The molecule has 0 amide bonds. The van der Waals surface area contributed by atoms with Crippen molar-refractivity contribution in [3.8, 4) is 0 Å². The van der Waals surface area contributed by atoms with Crippen molar-refractivity contribution >= 4 is 11.8 Å². The van der Waals surface area contributed by atoms with E-state index in [0.717, 1.165) is 22.8 Å². The molecule has 1 saturated carbocycles. The Morgan fingerprint density at radius 1 is 1.18 bits per heavy atom. The number of thioether (sulfide) groups is 1. The molecule has 0 atom stereocenters. The fraction of sp³-hybridized carbons (Fsp3) is 0.846. The van der Waals surface area contributed by atoms with Gasteiger partial charge in [0.05, 0.1) is 5.75 Å². The molecule has 0 radical (unpaired) electrons. The van der Waals surface area contributed by atoms with E-state index in [9.17, 15) is 0 Å². The van der Waals surface area contributed by atoms with Crippen LogP contribution in [0.25, 0.3) is 0 Å². The Hall–Kier alpha value is -0.510. The molecule has 0 saturated heterocycles. The number of aromatic nitrogens is 2. The van der Waals surface area contributed by atoms with Crippen molar-refractivity contribution in [3.05, 3.63) is 11.8 Å². The first-order valence-corrected chi connectivity index (χ1v) is 7.55. The molecule has 0 spiro atoms. The van der Waals surface area contributed by atoms with Gasteiger partial charge < -0.3 is 4.42 Å². The summed E-state index contributed by atoms with van der Waals surface area (Å²) in [6, 6.07) is 0. The molecule has 0 aliphatic heterocycles. The van der Waals surface area contributed by atoms with Crippen LogP contribution in [0, 0.1) is 0 Å². The van der Waals surface area contributed by atoms with E-state index < -0.39 is 0 Å². The van der Waals surface area contributed by atoms with Crippen LogP contribution in [-0.2, 0) is 11.2 Å². The SMILES string of the molecule is CC(C)(C)c1nnc(CSC2CCCCC2)o1. The second kappa shape index (κ2) is 5.42. The van der Waals surface area contributed by atoms with E-state index in [0.29, 0.717) is 0 Å². The zero-order valence-electron chi connectivity index (χ0n) is 11.0. The Balaban J connectivity index is 1.84. The van der Waals surface area contributed by atoms with Gasteiger partial charge in [0, 0.05) is 10.7 Å². The quantitative estimate of drug-likeness (QED) is 0.819. The van der Waals surface area contributed by atoms with E-state index in [1.54, 1.807) is 0 Å². The highest BCUT2D eigenvalue weighted by Crippen LogP contribution is 2.30. The van der Waals surface area contributed by atoms with Gasteiger partial charge >= 0.3 is 0 Å². The van der Waals surface area contributed by atoms with Crippen LogP contribution in [0.3, 0.4) is 0 Å². The summed E-state index contributed by atoms with van der Waals surface area (Å²) in [5.74, 6) is 2.40. The zero-order valence-corrected chi connectivity index (χ0v) is 11.8. The molecule has 1 aromatic heterocycles. The minimum atomic E-state index is -0.0409. The molecule has 1 fully saturated rings. The van der Waals surface area contributed by atoms with Crippen molar-refractivity contribution < 1.29 is 4.42 Å². The molecule has 1 aromatic rings. The number of rotatable bonds is 3.